The SMILES string of the molecule is CC[C@@H](C(=O)[C@@H](C)[C@@H](O)[C@H](C)[C@@H]1O[C@@H]([C@@H](CC)C(=O)NCCS)CC[C@@H]1C)[C@H]1O[C@]2(C=C[C@@H](O)[C@]3(CC[C@@](C)([C@H]4CC[C@](O)(CC)[C@H](C)O4)O3)O2)[C@H](C)C[C@@H]1C. The molecular formula is C44H75NO10S. The van der Waals surface area contributed by atoms with Gasteiger partial charge < -0.3 is 44.3 Å². The van der Waals surface area contributed by atoms with Crippen molar-refractivity contribution in [1.29, 1.82) is 0 Å². The second kappa shape index (κ2) is 18.3. The van der Waals surface area contributed by atoms with Crippen molar-refractivity contribution in [3.63, 3.8) is 0 Å². The summed E-state index contributed by atoms with van der Waals surface area (Å²) in [5, 5.41) is 37.4. The van der Waals surface area contributed by atoms with Crippen LogP contribution in [-0.4, -0.2) is 105 Å². The minimum atomic E-state index is -1.36. The fourth-order valence-electron chi connectivity index (χ4n) is 10.8. The molecule has 5 rings (SSSR count). The minimum Gasteiger partial charge on any atom is -0.392 e. The van der Waals surface area contributed by atoms with Crippen LogP contribution in [-0.2, 0) is 33.3 Å². The summed E-state index contributed by atoms with van der Waals surface area (Å²) >= 11 is 4.23. The number of carbonyl (C=O) groups is 2. The molecule has 5 heterocycles. The molecule has 4 N–H and O–H groups in total. The molecule has 0 bridgehead atoms. The van der Waals surface area contributed by atoms with Crippen LogP contribution in [0.15, 0.2) is 12.2 Å². The lowest BCUT2D eigenvalue weighted by Gasteiger charge is -2.54. The molecule has 0 saturated carbocycles. The number of carbonyl (C=O) groups excluding carboxylic acids is 2. The highest BCUT2D eigenvalue weighted by molar-refractivity contribution is 7.80. The molecule has 0 aromatic rings. The monoisotopic (exact) mass is 810 g/mol. The van der Waals surface area contributed by atoms with Gasteiger partial charge in [0.05, 0.1) is 53.7 Å². The van der Waals surface area contributed by atoms with Crippen LogP contribution in [0.4, 0.5) is 0 Å². The van der Waals surface area contributed by atoms with E-state index in [1.165, 1.54) is 0 Å². The van der Waals surface area contributed by atoms with Crippen LogP contribution in [0.5, 0.6) is 0 Å². The van der Waals surface area contributed by atoms with Crippen molar-refractivity contribution in [3.8, 4) is 0 Å². The Morgan fingerprint density at radius 3 is 2.25 bits per heavy atom. The minimum absolute atomic E-state index is 0.0254. The van der Waals surface area contributed by atoms with Crippen molar-refractivity contribution in [3.05, 3.63) is 12.2 Å². The van der Waals surface area contributed by atoms with E-state index in [-0.39, 0.29) is 65.7 Å². The van der Waals surface area contributed by atoms with E-state index < -0.39 is 52.9 Å². The Morgan fingerprint density at radius 1 is 0.929 bits per heavy atom. The van der Waals surface area contributed by atoms with Crippen LogP contribution in [0.2, 0.25) is 0 Å². The van der Waals surface area contributed by atoms with E-state index in [1.54, 1.807) is 6.08 Å². The second-order valence-corrected chi connectivity index (χ2v) is 19.0. The van der Waals surface area contributed by atoms with Crippen LogP contribution in [0, 0.1) is 41.4 Å². The number of hydrogen-bond acceptors (Lipinski definition) is 11. The summed E-state index contributed by atoms with van der Waals surface area (Å²) in [7, 11) is 0. The Morgan fingerprint density at radius 2 is 1.62 bits per heavy atom. The zero-order chi connectivity index (χ0) is 41.4. The van der Waals surface area contributed by atoms with E-state index >= 15 is 0 Å². The van der Waals surface area contributed by atoms with Gasteiger partial charge in [0.25, 0.3) is 0 Å². The van der Waals surface area contributed by atoms with Crippen molar-refractivity contribution in [1.82, 2.24) is 5.32 Å². The lowest BCUT2D eigenvalue weighted by atomic mass is 9.72. The van der Waals surface area contributed by atoms with Crippen molar-refractivity contribution in [2.24, 2.45) is 41.4 Å². The molecule has 5 aliphatic heterocycles. The molecule has 12 heteroatoms. The average Bonchev–Trinajstić information content (AvgIpc) is 3.52. The largest absolute Gasteiger partial charge is 0.392 e. The van der Waals surface area contributed by atoms with E-state index in [1.807, 2.05) is 54.5 Å². The molecular weight excluding hydrogens is 735 g/mol. The topological polar surface area (TPSA) is 153 Å². The summed E-state index contributed by atoms with van der Waals surface area (Å²) in [5.74, 6) is -3.85. The Labute approximate surface area is 342 Å². The standard InChI is InChI=1S/C44H75NO10S/c1-11-31(40(49)45-22-23-56)33-15-14-25(4)38(52-33)29(8)36(47)28(7)37(48)32(12-2)39-26(5)24-27(6)43(53-39)19-16-34(46)44(55-43)21-20-41(10,54-44)35-17-18-42(50,13-3)30(9)51-35/h16,19,25-36,38-39,46-47,50,56H,11-15,17-18,20-24H2,1-10H3,(H,45,49)/t25-,26-,27+,28-,29-,30-,31+,32-,33+,34+,35+,36+,38+,39-,41-,42+,43-,44-/m0/s1. The molecule has 0 aromatic heterocycles. The van der Waals surface area contributed by atoms with Gasteiger partial charge in [0.1, 0.15) is 11.9 Å². The normalized spacial score (nSPS) is 44.3. The molecule has 322 valence electrons. The predicted molar refractivity (Wildman–Crippen MR) is 218 cm³/mol. The summed E-state index contributed by atoms with van der Waals surface area (Å²) in [5.41, 5.74) is -1.62. The van der Waals surface area contributed by atoms with Crippen LogP contribution in [0.25, 0.3) is 0 Å². The maximum Gasteiger partial charge on any atom is 0.225 e. The summed E-state index contributed by atoms with van der Waals surface area (Å²) in [6.07, 6.45) is 6.27. The highest BCUT2D eigenvalue weighted by Gasteiger charge is 2.63. The van der Waals surface area contributed by atoms with E-state index in [0.717, 1.165) is 19.3 Å². The van der Waals surface area contributed by atoms with Crippen molar-refractivity contribution >= 4 is 24.3 Å². The Hall–Kier alpha value is -1.09. The summed E-state index contributed by atoms with van der Waals surface area (Å²) in [6, 6.07) is 0. The van der Waals surface area contributed by atoms with Gasteiger partial charge in [-0.05, 0) is 95.6 Å². The number of amides is 1. The quantitative estimate of drug-likeness (QED) is 0.102. The van der Waals surface area contributed by atoms with E-state index in [0.29, 0.717) is 57.2 Å². The Bertz CT molecular complexity index is 1380. The van der Waals surface area contributed by atoms with Crippen LogP contribution in [0.1, 0.15) is 133 Å². The highest BCUT2D eigenvalue weighted by Crippen LogP contribution is 2.54. The van der Waals surface area contributed by atoms with E-state index in [2.05, 4.69) is 38.7 Å². The van der Waals surface area contributed by atoms with Gasteiger partial charge in [-0.2, -0.15) is 12.6 Å². The molecule has 18 atom stereocenters. The van der Waals surface area contributed by atoms with Crippen LogP contribution in [0.3, 0.4) is 0 Å². The molecule has 11 nitrogen and oxygen atoms in total. The molecule has 2 spiro atoms. The maximum atomic E-state index is 14.6. The maximum absolute atomic E-state index is 14.6. The number of ketones is 1. The van der Waals surface area contributed by atoms with Crippen molar-refractivity contribution in [2.45, 2.75) is 199 Å². The van der Waals surface area contributed by atoms with Gasteiger partial charge in [-0.25, -0.2) is 0 Å². The van der Waals surface area contributed by atoms with Gasteiger partial charge in [-0.15, -0.1) is 0 Å². The van der Waals surface area contributed by atoms with Gasteiger partial charge in [0, 0.05) is 42.4 Å². The molecule has 56 heavy (non-hydrogen) atoms. The van der Waals surface area contributed by atoms with Gasteiger partial charge >= 0.3 is 0 Å². The van der Waals surface area contributed by atoms with Crippen LogP contribution >= 0.6 is 12.6 Å². The first-order valence-electron chi connectivity index (χ1n) is 21.9. The molecule has 5 aliphatic rings. The van der Waals surface area contributed by atoms with Crippen LogP contribution < -0.4 is 5.32 Å². The molecule has 1 amide bonds. The summed E-state index contributed by atoms with van der Waals surface area (Å²) in [4.78, 5) is 27.5. The van der Waals surface area contributed by atoms with E-state index in [4.69, 9.17) is 23.7 Å². The Balaban J connectivity index is 1.29. The smallest absolute Gasteiger partial charge is 0.225 e. The van der Waals surface area contributed by atoms with E-state index in [9.17, 15) is 24.9 Å². The first-order chi connectivity index (χ1) is 26.3. The Kier molecular flexibility index (Phi) is 15.0. The molecule has 0 aliphatic carbocycles. The zero-order valence-electron chi connectivity index (χ0n) is 35.9. The third-order valence-corrected chi connectivity index (χ3v) is 15.1. The molecule has 0 radical (unpaired) electrons. The number of nitrogens with one attached hydrogen (secondary N) is 1. The van der Waals surface area contributed by atoms with Crippen molar-refractivity contribution in [2.75, 3.05) is 12.3 Å². The lowest BCUT2D eigenvalue weighted by molar-refractivity contribution is -0.409. The number of hydrogen-bond donors (Lipinski definition) is 5. The lowest BCUT2D eigenvalue weighted by Crippen LogP contribution is -2.63. The van der Waals surface area contributed by atoms with Crippen molar-refractivity contribution < 1.29 is 48.6 Å². The number of Topliss-reactive ketones (excluding diaryl/α,β-unsaturated/α-hetero) is 1. The van der Waals surface area contributed by atoms with Gasteiger partial charge in [0.2, 0.25) is 11.7 Å². The zero-order valence-corrected chi connectivity index (χ0v) is 36.8. The summed E-state index contributed by atoms with van der Waals surface area (Å²) < 4.78 is 33.8. The first kappa shape index (κ1) is 46.0. The predicted octanol–water partition coefficient (Wildman–Crippen LogP) is 6.15. The number of aliphatic hydroxyl groups is 3. The average molecular weight is 810 g/mol. The van der Waals surface area contributed by atoms with Gasteiger partial charge in [-0.3, -0.25) is 9.59 Å². The fraction of sp³-hybridized carbons (Fsp3) is 0.909. The number of ether oxygens (including phenoxy) is 5. The summed E-state index contributed by atoms with van der Waals surface area (Å²) in [6.45, 7) is 20.5. The fourth-order valence-corrected chi connectivity index (χ4v) is 10.9. The third-order valence-electron chi connectivity index (χ3n) is 14.9. The number of thiol groups is 1. The van der Waals surface area contributed by atoms with Gasteiger partial charge in [-0.1, -0.05) is 55.4 Å². The number of aliphatic hydroxyl groups excluding tert-OH is 2. The molecule has 4 fully saturated rings. The first-order valence-corrected chi connectivity index (χ1v) is 22.6. The molecule has 0 aromatic carbocycles. The number of rotatable bonds is 14. The highest BCUT2D eigenvalue weighted by atomic mass is 32.1. The third kappa shape index (κ3) is 8.85. The molecule has 4 saturated heterocycles. The second-order valence-electron chi connectivity index (χ2n) is 18.6. The van der Waals surface area contributed by atoms with Gasteiger partial charge in [0.15, 0.2) is 5.79 Å². The molecule has 0 unspecified atom stereocenters.